The number of piperazine rings is 1. The van der Waals surface area contributed by atoms with Crippen molar-refractivity contribution in [2.24, 2.45) is 0 Å². The molecule has 1 aromatic rings. The highest BCUT2D eigenvalue weighted by atomic mass is 16.5. The van der Waals surface area contributed by atoms with Crippen LogP contribution in [-0.2, 0) is 4.79 Å². The van der Waals surface area contributed by atoms with Gasteiger partial charge in [0.1, 0.15) is 12.4 Å². The summed E-state index contributed by atoms with van der Waals surface area (Å²) in [6, 6.07) is 8.33. The number of amides is 1. The van der Waals surface area contributed by atoms with E-state index >= 15 is 0 Å². The van der Waals surface area contributed by atoms with Crippen molar-refractivity contribution >= 4 is 5.91 Å². The molecule has 5 nitrogen and oxygen atoms in total. The van der Waals surface area contributed by atoms with Crippen LogP contribution in [0.15, 0.2) is 24.3 Å². The predicted molar refractivity (Wildman–Crippen MR) is 83.6 cm³/mol. The zero-order valence-electron chi connectivity index (χ0n) is 12.9. The number of hydrogen-bond acceptors (Lipinski definition) is 4. The number of carbonyl (C=O) groups is 1. The molecule has 1 heterocycles. The molecule has 5 heteroatoms. The summed E-state index contributed by atoms with van der Waals surface area (Å²) in [4.78, 5) is 14.1. The number of ether oxygens (including phenoxy) is 1. The van der Waals surface area contributed by atoms with E-state index in [4.69, 9.17) is 4.74 Å². The molecule has 0 unspecified atom stereocenters. The Bertz CT molecular complexity index is 465. The second-order valence-corrected chi connectivity index (χ2v) is 5.54. The highest BCUT2D eigenvalue weighted by Crippen LogP contribution is 2.11. The number of nitrogens with zero attached hydrogens (tertiary/aromatic N) is 1. The lowest BCUT2D eigenvalue weighted by molar-refractivity contribution is -0.123. The lowest BCUT2D eigenvalue weighted by Gasteiger charge is -2.33. The maximum atomic E-state index is 11.9. The summed E-state index contributed by atoms with van der Waals surface area (Å²) in [5, 5.41) is 6.23. The van der Waals surface area contributed by atoms with E-state index in [1.807, 2.05) is 31.2 Å². The monoisotopic (exact) mass is 291 g/mol. The first kappa shape index (κ1) is 15.8. The molecule has 0 aliphatic carbocycles. The van der Waals surface area contributed by atoms with Crippen LogP contribution < -0.4 is 15.4 Å². The van der Waals surface area contributed by atoms with Gasteiger partial charge in [-0.1, -0.05) is 12.1 Å². The van der Waals surface area contributed by atoms with Crippen molar-refractivity contribution in [2.75, 3.05) is 39.3 Å². The van der Waals surface area contributed by atoms with Gasteiger partial charge in [-0.2, -0.15) is 0 Å². The molecule has 0 radical (unpaired) electrons. The fourth-order valence-electron chi connectivity index (χ4n) is 2.42. The van der Waals surface area contributed by atoms with Crippen LogP contribution in [0.25, 0.3) is 0 Å². The highest BCUT2D eigenvalue weighted by molar-refractivity contribution is 5.78. The van der Waals surface area contributed by atoms with Crippen LogP contribution in [0.5, 0.6) is 5.75 Å². The Kier molecular flexibility index (Phi) is 6.02. The highest BCUT2D eigenvalue weighted by Gasteiger charge is 2.19. The van der Waals surface area contributed by atoms with Crippen LogP contribution in [0.2, 0.25) is 0 Å². The molecule has 0 saturated carbocycles. The van der Waals surface area contributed by atoms with Crippen molar-refractivity contribution in [1.29, 1.82) is 0 Å². The third kappa shape index (κ3) is 5.36. The predicted octanol–water partition coefficient (Wildman–Crippen LogP) is 0.784. The number of carbonyl (C=O) groups excluding carboxylic acids is 1. The van der Waals surface area contributed by atoms with Gasteiger partial charge >= 0.3 is 0 Å². The molecule has 0 aromatic heterocycles. The fourth-order valence-corrected chi connectivity index (χ4v) is 2.42. The molecule has 0 spiro atoms. The molecule has 2 rings (SSSR count). The zero-order chi connectivity index (χ0) is 15.1. The number of hydrogen-bond donors (Lipinski definition) is 2. The maximum absolute atomic E-state index is 11.9. The summed E-state index contributed by atoms with van der Waals surface area (Å²) in [5.41, 5.74) is 1.17. The Labute approximate surface area is 126 Å². The van der Waals surface area contributed by atoms with E-state index in [1.165, 1.54) is 5.56 Å². The first-order chi connectivity index (χ1) is 10.1. The van der Waals surface area contributed by atoms with Crippen molar-refractivity contribution in [3.05, 3.63) is 29.8 Å². The first-order valence-electron chi connectivity index (χ1n) is 7.56. The third-order valence-electron chi connectivity index (χ3n) is 3.67. The van der Waals surface area contributed by atoms with E-state index in [0.29, 0.717) is 25.7 Å². The largest absolute Gasteiger partial charge is 0.492 e. The van der Waals surface area contributed by atoms with Gasteiger partial charge in [0.15, 0.2) is 0 Å². The van der Waals surface area contributed by atoms with Crippen LogP contribution in [-0.4, -0.2) is 56.2 Å². The van der Waals surface area contributed by atoms with Gasteiger partial charge in [-0.3, -0.25) is 9.69 Å². The van der Waals surface area contributed by atoms with Gasteiger partial charge in [0.05, 0.1) is 13.1 Å². The molecular formula is C16H25N3O2. The van der Waals surface area contributed by atoms with Crippen molar-refractivity contribution < 1.29 is 9.53 Å². The molecule has 116 valence electrons. The molecule has 1 aliphatic rings. The quantitative estimate of drug-likeness (QED) is 0.761. The molecule has 0 bridgehead atoms. The Hall–Kier alpha value is -1.59. The smallest absolute Gasteiger partial charge is 0.234 e. The molecule has 1 aliphatic heterocycles. The summed E-state index contributed by atoms with van der Waals surface area (Å²) >= 11 is 0. The van der Waals surface area contributed by atoms with Gasteiger partial charge in [0.25, 0.3) is 0 Å². The second-order valence-electron chi connectivity index (χ2n) is 5.54. The summed E-state index contributed by atoms with van der Waals surface area (Å²) in [5.74, 6) is 0.913. The first-order valence-corrected chi connectivity index (χ1v) is 7.56. The molecule has 2 N–H and O–H groups in total. The van der Waals surface area contributed by atoms with E-state index < -0.39 is 0 Å². The van der Waals surface area contributed by atoms with E-state index in [0.717, 1.165) is 25.4 Å². The fraction of sp³-hybridized carbons (Fsp3) is 0.562. The normalized spacial score (nSPS) is 19.2. The number of benzene rings is 1. The standard InChI is InChI=1S/C16H25N3O2/c1-13-4-3-5-15(10-13)21-9-7-18-16(20)12-19-8-6-17-11-14(19)2/h3-5,10,14,17H,6-9,11-12H2,1-2H3,(H,18,20)/t14-/m1/s1. The summed E-state index contributed by atoms with van der Waals surface area (Å²) in [6.45, 7) is 8.49. The topological polar surface area (TPSA) is 53.6 Å². The minimum atomic E-state index is 0.0663. The molecular weight excluding hydrogens is 266 g/mol. The van der Waals surface area contributed by atoms with Gasteiger partial charge in [-0.05, 0) is 31.5 Å². The number of aryl methyl sites for hydroxylation is 1. The summed E-state index contributed by atoms with van der Waals surface area (Å²) in [7, 11) is 0. The van der Waals surface area contributed by atoms with Crippen molar-refractivity contribution in [1.82, 2.24) is 15.5 Å². The van der Waals surface area contributed by atoms with Gasteiger partial charge in [0, 0.05) is 25.7 Å². The Morgan fingerprint density at radius 1 is 1.52 bits per heavy atom. The minimum Gasteiger partial charge on any atom is -0.492 e. The average Bonchev–Trinajstić information content (AvgIpc) is 2.46. The van der Waals surface area contributed by atoms with Crippen molar-refractivity contribution in [3.8, 4) is 5.75 Å². The Balaban J connectivity index is 1.63. The molecule has 1 aromatic carbocycles. The molecule has 1 atom stereocenters. The minimum absolute atomic E-state index is 0.0663. The summed E-state index contributed by atoms with van der Waals surface area (Å²) < 4.78 is 5.61. The van der Waals surface area contributed by atoms with E-state index in [1.54, 1.807) is 0 Å². The van der Waals surface area contributed by atoms with Gasteiger partial charge < -0.3 is 15.4 Å². The average molecular weight is 291 g/mol. The van der Waals surface area contributed by atoms with Crippen LogP contribution >= 0.6 is 0 Å². The number of nitrogens with one attached hydrogen (secondary N) is 2. The van der Waals surface area contributed by atoms with Crippen molar-refractivity contribution in [2.45, 2.75) is 19.9 Å². The van der Waals surface area contributed by atoms with Crippen molar-refractivity contribution in [3.63, 3.8) is 0 Å². The number of rotatable bonds is 6. The van der Waals surface area contributed by atoms with Crippen LogP contribution in [0.4, 0.5) is 0 Å². The second kappa shape index (κ2) is 8.00. The van der Waals surface area contributed by atoms with Gasteiger partial charge in [-0.15, -0.1) is 0 Å². The van der Waals surface area contributed by atoms with Gasteiger partial charge in [0.2, 0.25) is 5.91 Å². The van der Waals surface area contributed by atoms with E-state index in [-0.39, 0.29) is 5.91 Å². The molecule has 1 amide bonds. The maximum Gasteiger partial charge on any atom is 0.234 e. The van der Waals surface area contributed by atoms with E-state index in [9.17, 15) is 4.79 Å². The molecule has 1 saturated heterocycles. The van der Waals surface area contributed by atoms with E-state index in [2.05, 4.69) is 22.5 Å². The zero-order valence-corrected chi connectivity index (χ0v) is 12.9. The van der Waals surface area contributed by atoms with Gasteiger partial charge in [-0.25, -0.2) is 0 Å². The third-order valence-corrected chi connectivity index (χ3v) is 3.67. The molecule has 21 heavy (non-hydrogen) atoms. The summed E-state index contributed by atoms with van der Waals surface area (Å²) in [6.07, 6.45) is 0. The van der Waals surface area contributed by atoms with Crippen LogP contribution in [0.1, 0.15) is 12.5 Å². The molecule has 1 fully saturated rings. The lowest BCUT2D eigenvalue weighted by atomic mass is 10.2. The van der Waals surface area contributed by atoms with Crippen LogP contribution in [0, 0.1) is 6.92 Å². The Morgan fingerprint density at radius 3 is 3.14 bits per heavy atom. The Morgan fingerprint density at radius 2 is 2.38 bits per heavy atom. The SMILES string of the molecule is Cc1cccc(OCCNC(=O)CN2CCNC[C@H]2C)c1. The lowest BCUT2D eigenvalue weighted by Crippen LogP contribution is -2.52. The van der Waals surface area contributed by atoms with Crippen LogP contribution in [0.3, 0.4) is 0 Å².